The van der Waals surface area contributed by atoms with E-state index in [2.05, 4.69) is 19.6 Å². The highest BCUT2D eigenvalue weighted by Gasteiger charge is 2.58. The van der Waals surface area contributed by atoms with E-state index < -0.39 is 31.4 Å². The van der Waals surface area contributed by atoms with Gasteiger partial charge in [-0.2, -0.15) is 0 Å². The highest BCUT2D eigenvalue weighted by Crippen LogP contribution is 2.46. The van der Waals surface area contributed by atoms with Crippen molar-refractivity contribution in [1.82, 2.24) is 0 Å². The number of carbonyl (C=O) groups excluding carboxylic acids is 2. The maximum atomic E-state index is 13.4. The second-order valence-electron chi connectivity index (χ2n) is 9.97. The summed E-state index contributed by atoms with van der Waals surface area (Å²) in [7, 11) is -0.257. The van der Waals surface area contributed by atoms with E-state index in [1.807, 2.05) is 18.2 Å². The van der Waals surface area contributed by atoms with Gasteiger partial charge in [0.2, 0.25) is 8.32 Å². The van der Waals surface area contributed by atoms with Gasteiger partial charge < -0.3 is 18.6 Å². The van der Waals surface area contributed by atoms with Crippen molar-refractivity contribution in [3.8, 4) is 5.75 Å². The first-order valence-electron chi connectivity index (χ1n) is 10.5. The first-order chi connectivity index (χ1) is 14.3. The van der Waals surface area contributed by atoms with Crippen LogP contribution in [0.2, 0.25) is 19.6 Å². The van der Waals surface area contributed by atoms with E-state index in [-0.39, 0.29) is 12.2 Å². The van der Waals surface area contributed by atoms with E-state index in [1.165, 1.54) is 6.08 Å². The number of rotatable bonds is 5. The maximum Gasteiger partial charge on any atom is 0.324 e. The predicted molar refractivity (Wildman–Crippen MR) is 121 cm³/mol. The predicted octanol–water partition coefficient (Wildman–Crippen LogP) is 4.86. The topological polar surface area (TPSA) is 71.1 Å². The van der Waals surface area contributed by atoms with Crippen molar-refractivity contribution in [2.24, 2.45) is 5.41 Å². The lowest BCUT2D eigenvalue weighted by molar-refractivity contribution is -0.178. The summed E-state index contributed by atoms with van der Waals surface area (Å²) < 4.78 is 23.4. The normalized spacial score (nSPS) is 23.7. The minimum absolute atomic E-state index is 0.192. The Hall–Kier alpha value is -2.54. The van der Waals surface area contributed by atoms with E-state index in [0.717, 1.165) is 11.3 Å². The van der Waals surface area contributed by atoms with Crippen molar-refractivity contribution in [2.45, 2.75) is 65.0 Å². The second kappa shape index (κ2) is 8.18. The molecule has 0 bridgehead atoms. The molecular weight excluding hydrogens is 412 g/mol. The zero-order valence-electron chi connectivity index (χ0n) is 19.4. The number of benzene rings is 1. The molecule has 7 heteroatoms. The molecule has 0 N–H and O–H groups in total. The highest BCUT2D eigenvalue weighted by atomic mass is 28.4. The van der Waals surface area contributed by atoms with Gasteiger partial charge in [0.1, 0.15) is 23.2 Å². The molecule has 1 aliphatic carbocycles. The van der Waals surface area contributed by atoms with Gasteiger partial charge in [0, 0.05) is 18.1 Å². The number of methoxy groups -OCH3 is 1. The highest BCUT2D eigenvalue weighted by molar-refractivity contribution is 6.70. The van der Waals surface area contributed by atoms with Crippen molar-refractivity contribution < 1.29 is 28.2 Å². The molecule has 0 aromatic heterocycles. The lowest BCUT2D eigenvalue weighted by Gasteiger charge is -2.43. The van der Waals surface area contributed by atoms with Gasteiger partial charge in [0.15, 0.2) is 11.2 Å². The molecule has 6 nitrogen and oxygen atoms in total. The van der Waals surface area contributed by atoms with Crippen LogP contribution in [0, 0.1) is 5.41 Å². The monoisotopic (exact) mass is 444 g/mol. The first kappa shape index (κ1) is 23.1. The van der Waals surface area contributed by atoms with Crippen LogP contribution in [0.5, 0.6) is 5.75 Å². The quantitative estimate of drug-likeness (QED) is 0.367. The summed E-state index contributed by atoms with van der Waals surface area (Å²) in [5.41, 5.74) is -1.38. The van der Waals surface area contributed by atoms with Gasteiger partial charge in [-0.1, -0.05) is 0 Å². The SMILES string of the molecule is COc1ccc(C2=CC(=O)[C@]3(C(=O)OC(C)(C)C)CC=C(O[Si](C)(C)C)C[C@@H]3O2)cc1. The largest absolute Gasteiger partial charge is 0.547 e. The second-order valence-corrected chi connectivity index (χ2v) is 14.4. The minimum Gasteiger partial charge on any atom is -0.547 e. The summed E-state index contributed by atoms with van der Waals surface area (Å²) in [6, 6.07) is 7.27. The van der Waals surface area contributed by atoms with Gasteiger partial charge in [0.05, 0.1) is 12.9 Å². The molecule has 168 valence electrons. The number of ketones is 1. The summed E-state index contributed by atoms with van der Waals surface area (Å²) in [6.45, 7) is 11.7. The molecule has 3 rings (SSSR count). The van der Waals surface area contributed by atoms with Gasteiger partial charge in [0.25, 0.3) is 0 Å². The molecule has 0 amide bonds. The molecule has 1 aliphatic heterocycles. The van der Waals surface area contributed by atoms with Crippen molar-refractivity contribution in [1.29, 1.82) is 0 Å². The fraction of sp³-hybridized carbons (Fsp3) is 0.500. The zero-order valence-corrected chi connectivity index (χ0v) is 20.4. The Balaban J connectivity index is 1.99. The summed E-state index contributed by atoms with van der Waals surface area (Å²) in [5, 5.41) is 0. The molecule has 1 aromatic carbocycles. The van der Waals surface area contributed by atoms with Gasteiger partial charge >= 0.3 is 5.97 Å². The molecular formula is C24H32O6Si. The Kier molecular flexibility index (Phi) is 6.11. The van der Waals surface area contributed by atoms with Gasteiger partial charge in [-0.25, -0.2) is 0 Å². The molecule has 0 saturated carbocycles. The Bertz CT molecular complexity index is 917. The smallest absolute Gasteiger partial charge is 0.324 e. The Morgan fingerprint density at radius 2 is 1.81 bits per heavy atom. The van der Waals surface area contributed by atoms with Crippen LogP contribution in [0.4, 0.5) is 0 Å². The molecule has 0 spiro atoms. The first-order valence-corrected chi connectivity index (χ1v) is 13.9. The molecule has 1 heterocycles. The summed E-state index contributed by atoms with van der Waals surface area (Å²) in [6.07, 6.45) is 3.10. The molecule has 31 heavy (non-hydrogen) atoms. The number of ether oxygens (including phenoxy) is 3. The number of hydrogen-bond acceptors (Lipinski definition) is 6. The van der Waals surface area contributed by atoms with Gasteiger partial charge in [-0.15, -0.1) is 0 Å². The van der Waals surface area contributed by atoms with Crippen molar-refractivity contribution in [3.63, 3.8) is 0 Å². The van der Waals surface area contributed by atoms with Crippen LogP contribution in [0.15, 0.2) is 42.2 Å². The Morgan fingerprint density at radius 3 is 2.35 bits per heavy atom. The number of fused-ring (bicyclic) bond motifs is 1. The third kappa shape index (κ3) is 5.03. The summed E-state index contributed by atoms with van der Waals surface area (Å²) >= 11 is 0. The third-order valence-corrected chi connectivity index (χ3v) is 6.01. The van der Waals surface area contributed by atoms with E-state index in [4.69, 9.17) is 18.6 Å². The van der Waals surface area contributed by atoms with Crippen LogP contribution in [0.25, 0.3) is 5.76 Å². The Morgan fingerprint density at radius 1 is 1.16 bits per heavy atom. The van der Waals surface area contributed by atoms with Crippen LogP contribution < -0.4 is 4.74 Å². The van der Waals surface area contributed by atoms with Gasteiger partial charge in [-0.05, 0) is 77.2 Å². The fourth-order valence-electron chi connectivity index (χ4n) is 3.75. The van der Waals surface area contributed by atoms with Crippen molar-refractivity contribution in [2.75, 3.05) is 7.11 Å². The number of hydrogen-bond donors (Lipinski definition) is 0. The molecule has 0 radical (unpaired) electrons. The number of allylic oxidation sites excluding steroid dienone is 2. The van der Waals surface area contributed by atoms with Crippen LogP contribution >= 0.6 is 0 Å². The van der Waals surface area contributed by atoms with Crippen LogP contribution in [0.3, 0.4) is 0 Å². The molecule has 0 fully saturated rings. The van der Waals surface area contributed by atoms with Crippen LogP contribution in [-0.2, 0) is 23.5 Å². The van der Waals surface area contributed by atoms with Crippen molar-refractivity contribution in [3.05, 3.63) is 47.7 Å². The van der Waals surface area contributed by atoms with E-state index in [1.54, 1.807) is 40.0 Å². The minimum atomic E-state index is -1.85. The summed E-state index contributed by atoms with van der Waals surface area (Å²) in [5.74, 6) is 1.06. The average Bonchev–Trinajstić information content (AvgIpc) is 2.65. The molecule has 1 aromatic rings. The Labute approximate surface area is 185 Å². The zero-order chi connectivity index (χ0) is 23.0. The van der Waals surface area contributed by atoms with Crippen LogP contribution in [0.1, 0.15) is 39.2 Å². The van der Waals surface area contributed by atoms with E-state index in [9.17, 15) is 9.59 Å². The van der Waals surface area contributed by atoms with E-state index >= 15 is 0 Å². The molecule has 2 atom stereocenters. The third-order valence-electron chi connectivity index (χ3n) is 5.13. The fourth-order valence-corrected chi connectivity index (χ4v) is 4.70. The standard InChI is InChI=1S/C24H32O6Si/c1-23(2,3)29-22(26)24-13-12-18(30-31(5,6)7)14-21(24)28-19(15-20(24)25)16-8-10-17(27-4)11-9-16/h8-12,15,21H,13-14H2,1-7H3/t21-,24+/m0/s1. The number of carbonyl (C=O) groups is 2. The van der Waals surface area contributed by atoms with Gasteiger partial charge in [-0.3, -0.25) is 9.59 Å². The molecule has 0 saturated heterocycles. The lowest BCUT2D eigenvalue weighted by Crippen LogP contribution is -2.55. The van der Waals surface area contributed by atoms with Crippen molar-refractivity contribution >= 4 is 25.8 Å². The lowest BCUT2D eigenvalue weighted by atomic mass is 9.69. The summed E-state index contributed by atoms with van der Waals surface area (Å²) in [4.78, 5) is 26.7. The maximum absolute atomic E-state index is 13.4. The molecule has 2 aliphatic rings. The molecule has 0 unspecified atom stereocenters. The van der Waals surface area contributed by atoms with Crippen LogP contribution in [-0.4, -0.2) is 38.9 Å². The van der Waals surface area contributed by atoms with E-state index in [0.29, 0.717) is 17.9 Å². The number of esters is 1. The average molecular weight is 445 g/mol.